The lowest BCUT2D eigenvalue weighted by Crippen LogP contribution is -1.94. The van der Waals surface area contributed by atoms with Crippen LogP contribution in [-0.4, -0.2) is 15.2 Å². The molecule has 16 heavy (non-hydrogen) atoms. The van der Waals surface area contributed by atoms with Gasteiger partial charge in [0.15, 0.2) is 5.82 Å². The summed E-state index contributed by atoms with van der Waals surface area (Å²) in [6.07, 6.45) is -0.141. The van der Waals surface area contributed by atoms with E-state index in [1.165, 1.54) is 0 Å². The van der Waals surface area contributed by atoms with Gasteiger partial charge in [0.25, 0.3) is 5.89 Å². The van der Waals surface area contributed by atoms with Gasteiger partial charge in [-0.1, -0.05) is 39.3 Å². The van der Waals surface area contributed by atoms with E-state index in [0.717, 1.165) is 10.0 Å². The summed E-state index contributed by atoms with van der Waals surface area (Å²) in [4.78, 5) is 4.10. The van der Waals surface area contributed by atoms with Crippen LogP contribution in [0.15, 0.2) is 33.3 Å². The molecule has 0 aliphatic heterocycles. The number of aromatic nitrogens is 2. The minimum absolute atomic E-state index is 0.252. The van der Waals surface area contributed by atoms with Crippen molar-refractivity contribution in [2.45, 2.75) is 19.4 Å². The molecule has 0 amide bonds. The van der Waals surface area contributed by atoms with Crippen molar-refractivity contribution < 1.29 is 9.63 Å². The number of rotatable bonds is 3. The second-order valence-corrected chi connectivity index (χ2v) is 4.35. The van der Waals surface area contributed by atoms with Crippen molar-refractivity contribution in [3.8, 4) is 0 Å². The van der Waals surface area contributed by atoms with Crippen LogP contribution in [0.5, 0.6) is 0 Å². The molecule has 0 spiro atoms. The Morgan fingerprint density at radius 2 is 2.19 bits per heavy atom. The molecule has 1 N–H and O–H groups in total. The lowest BCUT2D eigenvalue weighted by molar-refractivity contribution is 0.151. The number of benzene rings is 1. The Labute approximate surface area is 101 Å². The Morgan fingerprint density at radius 1 is 1.44 bits per heavy atom. The molecule has 1 aromatic heterocycles. The molecule has 1 atom stereocenters. The van der Waals surface area contributed by atoms with Crippen LogP contribution in [0, 0.1) is 0 Å². The third-order valence-electron chi connectivity index (χ3n) is 2.15. The van der Waals surface area contributed by atoms with Gasteiger partial charge < -0.3 is 9.63 Å². The van der Waals surface area contributed by atoms with Gasteiger partial charge in [-0.15, -0.1) is 0 Å². The predicted octanol–water partition coefficient (Wildman–Crippen LogP) is 2.48. The normalized spacial score (nSPS) is 12.7. The fourth-order valence-electron chi connectivity index (χ4n) is 1.32. The molecule has 0 saturated carbocycles. The quantitative estimate of drug-likeness (QED) is 0.940. The zero-order chi connectivity index (χ0) is 11.5. The molecular weight excluding hydrogens is 272 g/mol. The molecule has 0 bridgehead atoms. The molecule has 2 rings (SSSR count). The van der Waals surface area contributed by atoms with E-state index < -0.39 is 6.10 Å². The van der Waals surface area contributed by atoms with Crippen molar-refractivity contribution in [1.82, 2.24) is 10.1 Å². The summed E-state index contributed by atoms with van der Waals surface area (Å²) in [5, 5.41) is 13.1. The molecule has 5 heteroatoms. The largest absolute Gasteiger partial charge is 0.384 e. The van der Waals surface area contributed by atoms with E-state index in [1.54, 1.807) is 6.92 Å². The molecule has 1 heterocycles. The Kier molecular flexibility index (Phi) is 3.36. The van der Waals surface area contributed by atoms with Gasteiger partial charge in [0, 0.05) is 10.9 Å². The average molecular weight is 283 g/mol. The fraction of sp³-hybridized carbons (Fsp3) is 0.273. The van der Waals surface area contributed by atoms with Crippen LogP contribution in [0.25, 0.3) is 0 Å². The molecule has 0 aliphatic rings. The molecular formula is C11H11BrN2O2. The van der Waals surface area contributed by atoms with Crippen LogP contribution in [0.3, 0.4) is 0 Å². The van der Waals surface area contributed by atoms with Crippen LogP contribution < -0.4 is 0 Å². The summed E-state index contributed by atoms with van der Waals surface area (Å²) < 4.78 is 5.92. The summed E-state index contributed by atoms with van der Waals surface area (Å²) in [5.74, 6) is 0.824. The van der Waals surface area contributed by atoms with Gasteiger partial charge in [-0.05, 0) is 18.6 Å². The molecule has 84 valence electrons. The van der Waals surface area contributed by atoms with Crippen molar-refractivity contribution >= 4 is 15.9 Å². The minimum Gasteiger partial charge on any atom is -0.384 e. The SMILES string of the molecule is CC(O)c1nc(Cc2ccccc2Br)no1. The van der Waals surface area contributed by atoms with Crippen molar-refractivity contribution in [1.29, 1.82) is 0 Å². The van der Waals surface area contributed by atoms with Gasteiger partial charge in [-0.3, -0.25) is 0 Å². The van der Waals surface area contributed by atoms with Crippen LogP contribution in [0.4, 0.5) is 0 Å². The highest BCUT2D eigenvalue weighted by molar-refractivity contribution is 9.10. The number of hydrogen-bond acceptors (Lipinski definition) is 4. The fourth-order valence-corrected chi connectivity index (χ4v) is 1.75. The van der Waals surface area contributed by atoms with Crippen LogP contribution in [-0.2, 0) is 6.42 Å². The van der Waals surface area contributed by atoms with E-state index >= 15 is 0 Å². The minimum atomic E-state index is -0.722. The van der Waals surface area contributed by atoms with E-state index in [4.69, 9.17) is 4.52 Å². The highest BCUT2D eigenvalue weighted by Crippen LogP contribution is 2.19. The Balaban J connectivity index is 2.18. The number of halogens is 1. The highest BCUT2D eigenvalue weighted by Gasteiger charge is 2.12. The molecule has 1 unspecified atom stereocenters. The first kappa shape index (κ1) is 11.3. The topological polar surface area (TPSA) is 59.2 Å². The number of aliphatic hydroxyl groups excluding tert-OH is 1. The maximum atomic E-state index is 9.25. The van der Waals surface area contributed by atoms with Gasteiger partial charge in [-0.25, -0.2) is 0 Å². The second-order valence-electron chi connectivity index (χ2n) is 3.49. The zero-order valence-corrected chi connectivity index (χ0v) is 10.3. The lowest BCUT2D eigenvalue weighted by atomic mass is 10.1. The summed E-state index contributed by atoms with van der Waals surface area (Å²) >= 11 is 3.45. The first-order valence-electron chi connectivity index (χ1n) is 4.91. The molecule has 0 saturated heterocycles. The van der Waals surface area contributed by atoms with E-state index in [-0.39, 0.29) is 5.89 Å². The van der Waals surface area contributed by atoms with Crippen molar-refractivity contribution in [2.75, 3.05) is 0 Å². The molecule has 0 aliphatic carbocycles. The monoisotopic (exact) mass is 282 g/mol. The third-order valence-corrected chi connectivity index (χ3v) is 2.92. The summed E-state index contributed by atoms with van der Waals surface area (Å²) in [5.41, 5.74) is 1.08. The van der Waals surface area contributed by atoms with Gasteiger partial charge in [0.05, 0.1) is 0 Å². The molecule has 0 fully saturated rings. The summed E-state index contributed by atoms with van der Waals surface area (Å²) in [7, 11) is 0. The first-order chi connectivity index (χ1) is 7.66. The average Bonchev–Trinajstić information content (AvgIpc) is 2.70. The van der Waals surface area contributed by atoms with Gasteiger partial charge in [-0.2, -0.15) is 4.98 Å². The smallest absolute Gasteiger partial charge is 0.255 e. The maximum absolute atomic E-state index is 9.25. The number of aliphatic hydroxyl groups is 1. The first-order valence-corrected chi connectivity index (χ1v) is 5.70. The Bertz CT molecular complexity index is 482. The third kappa shape index (κ3) is 2.48. The second kappa shape index (κ2) is 4.76. The van der Waals surface area contributed by atoms with Crippen molar-refractivity contribution in [3.05, 3.63) is 46.0 Å². The standard InChI is InChI=1S/C11H11BrN2O2/c1-7(15)11-13-10(14-16-11)6-8-4-2-3-5-9(8)12/h2-5,7,15H,6H2,1H3. The van der Waals surface area contributed by atoms with Gasteiger partial charge >= 0.3 is 0 Å². The van der Waals surface area contributed by atoms with Crippen LogP contribution in [0.1, 0.15) is 30.3 Å². The lowest BCUT2D eigenvalue weighted by Gasteiger charge is -1.99. The van der Waals surface area contributed by atoms with E-state index in [9.17, 15) is 5.11 Å². The zero-order valence-electron chi connectivity index (χ0n) is 8.72. The molecule has 2 aromatic rings. The summed E-state index contributed by atoms with van der Waals surface area (Å²) in [6.45, 7) is 1.59. The van der Waals surface area contributed by atoms with Crippen molar-refractivity contribution in [3.63, 3.8) is 0 Å². The Morgan fingerprint density at radius 3 is 2.81 bits per heavy atom. The van der Waals surface area contributed by atoms with E-state index in [1.807, 2.05) is 24.3 Å². The molecule has 4 nitrogen and oxygen atoms in total. The molecule has 1 aromatic carbocycles. The van der Waals surface area contributed by atoms with E-state index in [0.29, 0.717) is 12.2 Å². The van der Waals surface area contributed by atoms with E-state index in [2.05, 4.69) is 26.1 Å². The van der Waals surface area contributed by atoms with Gasteiger partial charge in [0.1, 0.15) is 6.10 Å². The number of nitrogens with zero attached hydrogens (tertiary/aromatic N) is 2. The van der Waals surface area contributed by atoms with Crippen LogP contribution >= 0.6 is 15.9 Å². The Hall–Kier alpha value is -1.20. The molecule has 0 radical (unpaired) electrons. The predicted molar refractivity (Wildman–Crippen MR) is 61.9 cm³/mol. The highest BCUT2D eigenvalue weighted by atomic mass is 79.9. The number of hydrogen-bond donors (Lipinski definition) is 1. The maximum Gasteiger partial charge on any atom is 0.255 e. The van der Waals surface area contributed by atoms with Crippen molar-refractivity contribution in [2.24, 2.45) is 0 Å². The van der Waals surface area contributed by atoms with Crippen LogP contribution in [0.2, 0.25) is 0 Å². The van der Waals surface area contributed by atoms with Gasteiger partial charge in [0.2, 0.25) is 0 Å². The summed E-state index contributed by atoms with van der Waals surface area (Å²) in [6, 6.07) is 7.86.